The van der Waals surface area contributed by atoms with Gasteiger partial charge in [0.05, 0.1) is 40.5 Å². The van der Waals surface area contributed by atoms with Crippen LogP contribution in [0.1, 0.15) is 17.3 Å². The van der Waals surface area contributed by atoms with Crippen LogP contribution in [0.15, 0.2) is 48.0 Å². The summed E-state index contributed by atoms with van der Waals surface area (Å²) >= 11 is 7.66. The van der Waals surface area contributed by atoms with Gasteiger partial charge in [0.1, 0.15) is 5.75 Å². The Hall–Kier alpha value is -2.90. The van der Waals surface area contributed by atoms with Gasteiger partial charge >= 0.3 is 0 Å². The molecule has 0 saturated carbocycles. The molecule has 0 unspecified atom stereocenters. The van der Waals surface area contributed by atoms with Gasteiger partial charge < -0.3 is 10.1 Å². The van der Waals surface area contributed by atoms with Gasteiger partial charge in [-0.05, 0) is 42.6 Å². The van der Waals surface area contributed by atoms with Crippen molar-refractivity contribution in [3.63, 3.8) is 0 Å². The monoisotopic (exact) mass is 412 g/mol. The number of aryl methyl sites for hydroxylation is 1. The number of carbonyl (C=O) groups is 1. The molecule has 4 rings (SSSR count). The van der Waals surface area contributed by atoms with E-state index >= 15 is 0 Å². The first-order valence-corrected chi connectivity index (χ1v) is 9.91. The average Bonchev–Trinajstić information content (AvgIpc) is 3.37. The highest BCUT2D eigenvalue weighted by Crippen LogP contribution is 2.31. The number of nitrogens with one attached hydrogen (secondary N) is 1. The maximum atomic E-state index is 13.2. The number of aromatic nitrogens is 3. The summed E-state index contributed by atoms with van der Waals surface area (Å²) in [5.74, 6) is 0.257. The number of anilines is 1. The van der Waals surface area contributed by atoms with Crippen molar-refractivity contribution in [1.82, 2.24) is 14.8 Å². The van der Waals surface area contributed by atoms with Gasteiger partial charge in [0.15, 0.2) is 5.65 Å². The third-order valence-electron chi connectivity index (χ3n) is 4.34. The van der Waals surface area contributed by atoms with Gasteiger partial charge in [0.2, 0.25) is 0 Å². The van der Waals surface area contributed by atoms with Crippen LogP contribution in [0.3, 0.4) is 0 Å². The first kappa shape index (κ1) is 18.5. The quantitative estimate of drug-likeness (QED) is 0.495. The molecule has 1 aromatic carbocycles. The number of rotatable bonds is 5. The Morgan fingerprint density at radius 3 is 2.89 bits per heavy atom. The minimum absolute atomic E-state index is 0.276. The second-order valence-electron chi connectivity index (χ2n) is 6.03. The Kier molecular flexibility index (Phi) is 5.02. The second-order valence-corrected chi connectivity index (χ2v) is 7.41. The first-order chi connectivity index (χ1) is 13.6. The number of thiophene rings is 1. The maximum Gasteiger partial charge on any atom is 0.256 e. The van der Waals surface area contributed by atoms with E-state index in [4.69, 9.17) is 21.3 Å². The Bertz CT molecular complexity index is 1150. The van der Waals surface area contributed by atoms with E-state index in [1.165, 1.54) is 0 Å². The third-order valence-corrected chi connectivity index (χ3v) is 5.46. The largest absolute Gasteiger partial charge is 0.495 e. The zero-order valence-electron chi connectivity index (χ0n) is 15.3. The van der Waals surface area contributed by atoms with Crippen molar-refractivity contribution >= 4 is 45.6 Å². The highest BCUT2D eigenvalue weighted by atomic mass is 35.5. The number of carbonyl (C=O) groups excluding carboxylic acids is 1. The normalized spacial score (nSPS) is 11.0. The Morgan fingerprint density at radius 2 is 2.18 bits per heavy atom. The molecule has 0 radical (unpaired) electrons. The van der Waals surface area contributed by atoms with E-state index in [1.54, 1.807) is 53.6 Å². The van der Waals surface area contributed by atoms with Crippen LogP contribution in [0.4, 0.5) is 5.69 Å². The van der Waals surface area contributed by atoms with Gasteiger partial charge in [0.25, 0.3) is 5.91 Å². The fourth-order valence-corrected chi connectivity index (χ4v) is 3.84. The lowest BCUT2D eigenvalue weighted by Gasteiger charge is -2.12. The molecule has 3 heterocycles. The molecule has 0 spiro atoms. The Labute approximate surface area is 170 Å². The van der Waals surface area contributed by atoms with Crippen LogP contribution in [-0.2, 0) is 6.54 Å². The summed E-state index contributed by atoms with van der Waals surface area (Å²) in [6, 6.07) is 10.8. The summed E-state index contributed by atoms with van der Waals surface area (Å²) in [7, 11) is 1.55. The fraction of sp³-hybridized carbons (Fsp3) is 0.150. The van der Waals surface area contributed by atoms with Gasteiger partial charge in [-0.15, -0.1) is 11.3 Å². The number of halogens is 1. The van der Waals surface area contributed by atoms with Gasteiger partial charge in [-0.2, -0.15) is 5.10 Å². The summed E-state index contributed by atoms with van der Waals surface area (Å²) in [5, 5.41) is 10.5. The zero-order chi connectivity index (χ0) is 19.7. The fourth-order valence-electron chi connectivity index (χ4n) is 2.99. The molecule has 1 amide bonds. The number of fused-ring (bicyclic) bond motifs is 1. The molecule has 3 aromatic heterocycles. The van der Waals surface area contributed by atoms with E-state index in [2.05, 4.69) is 10.4 Å². The topological polar surface area (TPSA) is 69.0 Å². The number of hydrogen-bond donors (Lipinski definition) is 1. The van der Waals surface area contributed by atoms with E-state index in [0.717, 1.165) is 10.6 Å². The van der Waals surface area contributed by atoms with E-state index in [-0.39, 0.29) is 5.91 Å². The molecule has 4 aromatic rings. The van der Waals surface area contributed by atoms with Gasteiger partial charge in [-0.3, -0.25) is 4.79 Å². The van der Waals surface area contributed by atoms with Crippen LogP contribution < -0.4 is 10.1 Å². The number of ether oxygens (including phenoxy) is 1. The SMILES string of the molecule is CCn1ncc2c(C(=O)Nc3cc(Cl)ccc3OC)cc(-c3cccs3)nc21. The van der Waals surface area contributed by atoms with Crippen LogP contribution in [0.2, 0.25) is 5.02 Å². The minimum atomic E-state index is -0.276. The minimum Gasteiger partial charge on any atom is -0.495 e. The summed E-state index contributed by atoms with van der Waals surface area (Å²) in [6.07, 6.45) is 1.67. The van der Waals surface area contributed by atoms with Crippen LogP contribution >= 0.6 is 22.9 Å². The smallest absolute Gasteiger partial charge is 0.256 e. The average molecular weight is 413 g/mol. The van der Waals surface area contributed by atoms with Crippen molar-refractivity contribution in [2.75, 3.05) is 12.4 Å². The lowest BCUT2D eigenvalue weighted by atomic mass is 10.1. The van der Waals surface area contributed by atoms with Crippen molar-refractivity contribution in [3.05, 3.63) is 58.6 Å². The van der Waals surface area contributed by atoms with Crippen molar-refractivity contribution < 1.29 is 9.53 Å². The standard InChI is InChI=1S/C20H17ClN4O2S/c1-3-25-19-14(11-22-25)13(10-16(23-19)18-5-4-8-28-18)20(26)24-15-9-12(21)6-7-17(15)27-2/h4-11H,3H2,1-2H3,(H,24,26). The van der Waals surface area contributed by atoms with E-state index in [1.807, 2.05) is 24.4 Å². The maximum absolute atomic E-state index is 13.2. The van der Waals surface area contributed by atoms with Gasteiger partial charge in [0, 0.05) is 11.6 Å². The van der Waals surface area contributed by atoms with E-state index < -0.39 is 0 Å². The Morgan fingerprint density at radius 1 is 1.32 bits per heavy atom. The summed E-state index contributed by atoms with van der Waals surface area (Å²) in [4.78, 5) is 18.9. The molecule has 6 nitrogen and oxygen atoms in total. The number of benzene rings is 1. The number of methoxy groups -OCH3 is 1. The predicted molar refractivity (Wildman–Crippen MR) is 112 cm³/mol. The first-order valence-electron chi connectivity index (χ1n) is 8.66. The molecule has 142 valence electrons. The summed E-state index contributed by atoms with van der Waals surface area (Å²) in [5.41, 5.74) is 2.41. The van der Waals surface area contributed by atoms with Crippen LogP contribution in [0.25, 0.3) is 21.6 Å². The van der Waals surface area contributed by atoms with Crippen molar-refractivity contribution in [2.24, 2.45) is 0 Å². The lowest BCUT2D eigenvalue weighted by molar-refractivity contribution is 0.102. The molecular formula is C20H17ClN4O2S. The molecule has 0 aliphatic carbocycles. The summed E-state index contributed by atoms with van der Waals surface area (Å²) in [6.45, 7) is 2.65. The van der Waals surface area contributed by atoms with Crippen molar-refractivity contribution in [3.8, 4) is 16.3 Å². The molecule has 0 bridgehead atoms. The van der Waals surface area contributed by atoms with E-state index in [0.29, 0.717) is 39.6 Å². The lowest BCUT2D eigenvalue weighted by Crippen LogP contribution is -2.14. The molecule has 0 fully saturated rings. The number of pyridine rings is 1. The highest BCUT2D eigenvalue weighted by Gasteiger charge is 2.19. The van der Waals surface area contributed by atoms with Gasteiger partial charge in [-0.25, -0.2) is 9.67 Å². The number of nitrogens with zero attached hydrogens (tertiary/aromatic N) is 3. The van der Waals surface area contributed by atoms with Crippen LogP contribution in [0.5, 0.6) is 5.75 Å². The molecule has 0 saturated heterocycles. The highest BCUT2D eigenvalue weighted by molar-refractivity contribution is 7.13. The van der Waals surface area contributed by atoms with Gasteiger partial charge in [-0.1, -0.05) is 17.7 Å². The molecular weight excluding hydrogens is 396 g/mol. The molecule has 28 heavy (non-hydrogen) atoms. The van der Waals surface area contributed by atoms with Crippen LogP contribution in [-0.4, -0.2) is 27.8 Å². The molecule has 1 N–H and O–H groups in total. The summed E-state index contributed by atoms with van der Waals surface area (Å²) < 4.78 is 7.11. The zero-order valence-corrected chi connectivity index (χ0v) is 16.8. The molecule has 8 heteroatoms. The predicted octanol–water partition coefficient (Wildman–Crippen LogP) is 5.09. The van der Waals surface area contributed by atoms with Crippen molar-refractivity contribution in [1.29, 1.82) is 0 Å². The molecule has 0 atom stereocenters. The van der Waals surface area contributed by atoms with Crippen LogP contribution in [0, 0.1) is 0 Å². The van der Waals surface area contributed by atoms with Crippen molar-refractivity contribution in [2.45, 2.75) is 13.5 Å². The van der Waals surface area contributed by atoms with E-state index in [9.17, 15) is 4.79 Å². The second kappa shape index (κ2) is 7.61. The number of hydrogen-bond acceptors (Lipinski definition) is 5. The Balaban J connectivity index is 1.82. The molecule has 0 aliphatic rings. The third kappa shape index (κ3) is 3.34. The molecule has 0 aliphatic heterocycles. The number of amides is 1.